The lowest BCUT2D eigenvalue weighted by Gasteiger charge is -2.25. The number of benzene rings is 2. The SMILES string of the molecule is COc1ccc(C2=CSC3N=C(C(=O)NCc4cccc(OCCOc5ncn[nH]5)c4)NC(=O)C23)cc1. The molecule has 37 heavy (non-hydrogen) atoms. The molecule has 12 heteroatoms. The molecular formula is C25H24N6O5S. The fourth-order valence-electron chi connectivity index (χ4n) is 3.90. The quantitative estimate of drug-likeness (QED) is 0.346. The number of amides is 2. The Balaban J connectivity index is 1.14. The van der Waals surface area contributed by atoms with E-state index >= 15 is 0 Å². The number of aromatic nitrogens is 3. The molecule has 3 N–H and O–H groups in total. The third-order valence-corrected chi connectivity index (χ3v) is 6.76. The number of fused-ring (bicyclic) bond motifs is 1. The van der Waals surface area contributed by atoms with Crippen molar-refractivity contribution in [3.63, 3.8) is 0 Å². The third-order valence-electron chi connectivity index (χ3n) is 5.71. The molecule has 0 fully saturated rings. The summed E-state index contributed by atoms with van der Waals surface area (Å²) < 4.78 is 16.3. The summed E-state index contributed by atoms with van der Waals surface area (Å²) in [5.41, 5.74) is 2.63. The summed E-state index contributed by atoms with van der Waals surface area (Å²) in [5, 5.41) is 13.3. The smallest absolute Gasteiger partial charge is 0.312 e. The van der Waals surface area contributed by atoms with Crippen molar-refractivity contribution in [3.05, 3.63) is 71.4 Å². The summed E-state index contributed by atoms with van der Waals surface area (Å²) in [5.74, 6) is 0.235. The number of H-pyrrole nitrogens is 1. The number of nitrogens with zero attached hydrogens (tertiary/aromatic N) is 3. The number of ether oxygens (including phenoxy) is 3. The van der Waals surface area contributed by atoms with E-state index in [4.69, 9.17) is 14.2 Å². The van der Waals surface area contributed by atoms with Crippen LogP contribution in [0.2, 0.25) is 0 Å². The molecule has 190 valence electrons. The van der Waals surface area contributed by atoms with Gasteiger partial charge in [-0.1, -0.05) is 24.3 Å². The summed E-state index contributed by atoms with van der Waals surface area (Å²) >= 11 is 1.43. The van der Waals surface area contributed by atoms with Crippen LogP contribution in [0.15, 0.2) is 65.3 Å². The molecule has 2 unspecified atom stereocenters. The van der Waals surface area contributed by atoms with Crippen LogP contribution in [0.4, 0.5) is 0 Å². The van der Waals surface area contributed by atoms with E-state index in [0.29, 0.717) is 25.0 Å². The Morgan fingerprint density at radius 1 is 1.11 bits per heavy atom. The molecular weight excluding hydrogens is 496 g/mol. The number of thioether (sulfide) groups is 1. The Hall–Kier alpha value is -4.32. The van der Waals surface area contributed by atoms with Crippen LogP contribution >= 0.6 is 11.8 Å². The topological polar surface area (TPSA) is 140 Å². The van der Waals surface area contributed by atoms with Crippen LogP contribution in [0.25, 0.3) is 5.57 Å². The first kappa shape index (κ1) is 24.4. The fourth-order valence-corrected chi connectivity index (χ4v) is 5.06. The van der Waals surface area contributed by atoms with Gasteiger partial charge in [-0.15, -0.1) is 11.8 Å². The van der Waals surface area contributed by atoms with E-state index in [1.165, 1.54) is 18.1 Å². The minimum atomic E-state index is -0.461. The van der Waals surface area contributed by atoms with Gasteiger partial charge in [-0.25, -0.2) is 10.1 Å². The average molecular weight is 521 g/mol. The van der Waals surface area contributed by atoms with Gasteiger partial charge in [0, 0.05) is 6.54 Å². The zero-order valence-corrected chi connectivity index (χ0v) is 20.7. The molecule has 0 saturated heterocycles. The molecule has 2 aliphatic heterocycles. The molecule has 5 rings (SSSR count). The van der Waals surface area contributed by atoms with Gasteiger partial charge in [0.1, 0.15) is 36.4 Å². The molecule has 0 aliphatic carbocycles. The zero-order valence-electron chi connectivity index (χ0n) is 19.8. The Kier molecular flexibility index (Phi) is 7.36. The predicted octanol–water partition coefficient (Wildman–Crippen LogP) is 2.15. The second-order valence-corrected chi connectivity index (χ2v) is 9.08. The van der Waals surface area contributed by atoms with E-state index in [0.717, 1.165) is 22.4 Å². The monoisotopic (exact) mass is 520 g/mol. The molecule has 1 aromatic heterocycles. The minimum Gasteiger partial charge on any atom is -0.497 e. The average Bonchev–Trinajstić information content (AvgIpc) is 3.60. The van der Waals surface area contributed by atoms with Crippen LogP contribution < -0.4 is 24.8 Å². The standard InChI is InChI=1S/C25H24N6O5S/c1-34-17-7-5-16(6-8-17)19-13-37-24-20(19)22(32)29-21(30-24)23(33)26-12-15-3-2-4-18(11-15)35-9-10-36-25-27-14-28-31-25/h2-8,11,13-14,20,24H,9-10,12H2,1H3,(H,26,33)(H,27,28,31)(H,29,30,32). The third kappa shape index (κ3) is 5.75. The molecule has 11 nitrogen and oxygen atoms in total. The molecule has 2 atom stereocenters. The molecule has 0 spiro atoms. The molecule has 2 aromatic carbocycles. The second kappa shape index (κ2) is 11.2. The highest BCUT2D eigenvalue weighted by Crippen LogP contribution is 2.43. The summed E-state index contributed by atoms with van der Waals surface area (Å²) in [7, 11) is 1.61. The highest BCUT2D eigenvalue weighted by atomic mass is 32.2. The van der Waals surface area contributed by atoms with E-state index in [1.807, 2.05) is 53.9 Å². The summed E-state index contributed by atoms with van der Waals surface area (Å²) in [6.07, 6.45) is 1.36. The number of carbonyl (C=O) groups excluding carboxylic acids is 2. The van der Waals surface area contributed by atoms with Crippen molar-refractivity contribution in [3.8, 4) is 17.5 Å². The van der Waals surface area contributed by atoms with Crippen LogP contribution in [-0.4, -0.2) is 58.5 Å². The van der Waals surface area contributed by atoms with Gasteiger partial charge in [-0.05, 0) is 46.4 Å². The first-order valence-electron chi connectivity index (χ1n) is 11.5. The number of hydrogen-bond donors (Lipinski definition) is 3. The van der Waals surface area contributed by atoms with Crippen LogP contribution in [0.5, 0.6) is 17.5 Å². The van der Waals surface area contributed by atoms with Crippen molar-refractivity contribution < 1.29 is 23.8 Å². The number of carbonyl (C=O) groups is 2. The summed E-state index contributed by atoms with van der Waals surface area (Å²) in [4.78, 5) is 34.1. The van der Waals surface area contributed by atoms with Crippen molar-refractivity contribution in [2.24, 2.45) is 10.9 Å². The van der Waals surface area contributed by atoms with E-state index in [-0.39, 0.29) is 23.7 Å². The van der Waals surface area contributed by atoms with Gasteiger partial charge in [-0.3, -0.25) is 9.59 Å². The van der Waals surface area contributed by atoms with Gasteiger partial charge < -0.3 is 24.8 Å². The largest absolute Gasteiger partial charge is 0.497 e. The van der Waals surface area contributed by atoms with Gasteiger partial charge in [0.2, 0.25) is 5.91 Å². The van der Waals surface area contributed by atoms with Crippen molar-refractivity contribution in [2.75, 3.05) is 20.3 Å². The number of methoxy groups -OCH3 is 1. The normalized spacial score (nSPS) is 18.2. The van der Waals surface area contributed by atoms with Crippen molar-refractivity contribution in [1.29, 1.82) is 0 Å². The Morgan fingerprint density at radius 2 is 1.95 bits per heavy atom. The lowest BCUT2D eigenvalue weighted by atomic mass is 9.92. The highest BCUT2D eigenvalue weighted by Gasteiger charge is 2.41. The Morgan fingerprint density at radius 3 is 2.73 bits per heavy atom. The lowest BCUT2D eigenvalue weighted by molar-refractivity contribution is -0.123. The van der Waals surface area contributed by atoms with Gasteiger partial charge in [0.25, 0.3) is 5.91 Å². The van der Waals surface area contributed by atoms with E-state index in [1.54, 1.807) is 7.11 Å². The Labute approximate surface area is 216 Å². The Bertz CT molecular complexity index is 1330. The van der Waals surface area contributed by atoms with Gasteiger partial charge in [-0.2, -0.15) is 10.1 Å². The number of hydrogen-bond acceptors (Lipinski definition) is 9. The molecule has 0 radical (unpaired) electrons. The van der Waals surface area contributed by atoms with Crippen LogP contribution in [0.1, 0.15) is 11.1 Å². The highest BCUT2D eigenvalue weighted by molar-refractivity contribution is 8.03. The van der Waals surface area contributed by atoms with Gasteiger partial charge in [0.15, 0.2) is 5.84 Å². The molecule has 0 bridgehead atoms. The van der Waals surface area contributed by atoms with Gasteiger partial charge in [0.05, 0.1) is 13.0 Å². The molecule has 3 heterocycles. The van der Waals surface area contributed by atoms with E-state index < -0.39 is 11.8 Å². The van der Waals surface area contributed by atoms with Crippen molar-refractivity contribution in [2.45, 2.75) is 11.9 Å². The summed E-state index contributed by atoms with van der Waals surface area (Å²) in [6, 6.07) is 15.2. The maximum absolute atomic E-state index is 12.9. The lowest BCUT2D eigenvalue weighted by Crippen LogP contribution is -2.50. The van der Waals surface area contributed by atoms with Crippen LogP contribution in [0.3, 0.4) is 0 Å². The van der Waals surface area contributed by atoms with Gasteiger partial charge >= 0.3 is 6.01 Å². The maximum Gasteiger partial charge on any atom is 0.312 e. The van der Waals surface area contributed by atoms with Crippen LogP contribution in [-0.2, 0) is 16.1 Å². The first-order chi connectivity index (χ1) is 18.1. The zero-order chi connectivity index (χ0) is 25.6. The van der Waals surface area contributed by atoms with Crippen molar-refractivity contribution >= 4 is 35.0 Å². The van der Waals surface area contributed by atoms with E-state index in [9.17, 15) is 9.59 Å². The summed E-state index contributed by atoms with van der Waals surface area (Å²) in [6.45, 7) is 0.854. The molecule has 2 aliphatic rings. The molecule has 2 amide bonds. The van der Waals surface area contributed by atoms with Crippen molar-refractivity contribution in [1.82, 2.24) is 25.8 Å². The minimum absolute atomic E-state index is 0.0140. The molecule has 0 saturated carbocycles. The number of nitrogens with one attached hydrogen (secondary N) is 3. The van der Waals surface area contributed by atoms with E-state index in [2.05, 4.69) is 30.8 Å². The number of aliphatic imine (C=N–C) groups is 1. The fraction of sp³-hybridized carbons (Fsp3) is 0.240. The number of amidine groups is 1. The number of aromatic amines is 1. The number of rotatable bonds is 10. The maximum atomic E-state index is 12.9. The predicted molar refractivity (Wildman–Crippen MR) is 137 cm³/mol. The molecule has 3 aromatic rings. The second-order valence-electron chi connectivity index (χ2n) is 8.09. The first-order valence-corrected chi connectivity index (χ1v) is 12.4. The van der Waals surface area contributed by atoms with Crippen LogP contribution in [0, 0.1) is 5.92 Å².